The molecular weight excluding hydrogens is 238 g/mol. The van der Waals surface area contributed by atoms with E-state index in [0.717, 1.165) is 49.7 Å². The number of nitrogens with zero attached hydrogens (tertiary/aromatic N) is 4. The van der Waals surface area contributed by atoms with Crippen LogP contribution in [0.5, 0.6) is 0 Å². The lowest BCUT2D eigenvalue weighted by Crippen LogP contribution is -2.39. The van der Waals surface area contributed by atoms with Crippen molar-refractivity contribution in [2.45, 2.75) is 39.2 Å². The van der Waals surface area contributed by atoms with Gasteiger partial charge in [0.2, 0.25) is 0 Å². The average Bonchev–Trinajstić information content (AvgIpc) is 2.40. The molecule has 1 saturated heterocycles. The maximum atomic E-state index is 8.68. The zero-order valence-corrected chi connectivity index (χ0v) is 11.7. The Labute approximate surface area is 114 Å². The minimum absolute atomic E-state index is 0.453. The van der Waals surface area contributed by atoms with E-state index < -0.39 is 0 Å². The van der Waals surface area contributed by atoms with Crippen molar-refractivity contribution >= 4 is 5.82 Å². The molecule has 2 rings (SSSR count). The van der Waals surface area contributed by atoms with Gasteiger partial charge in [0.05, 0.1) is 12.6 Å². The second kappa shape index (κ2) is 6.48. The number of hydrogen-bond acceptors (Lipinski definition) is 5. The number of nitriles is 1. The highest BCUT2D eigenvalue weighted by Crippen LogP contribution is 2.16. The third-order valence-electron chi connectivity index (χ3n) is 3.49. The third kappa shape index (κ3) is 3.90. The van der Waals surface area contributed by atoms with Crippen LogP contribution in [-0.4, -0.2) is 40.5 Å². The van der Waals surface area contributed by atoms with Gasteiger partial charge in [-0.3, -0.25) is 4.90 Å². The minimum atomic E-state index is 0.453. The number of anilines is 1. The fourth-order valence-corrected chi connectivity index (χ4v) is 2.43. The first kappa shape index (κ1) is 13.8. The van der Waals surface area contributed by atoms with Crippen LogP contribution in [0.1, 0.15) is 31.3 Å². The van der Waals surface area contributed by atoms with E-state index >= 15 is 0 Å². The van der Waals surface area contributed by atoms with Gasteiger partial charge in [-0.1, -0.05) is 6.92 Å². The number of nitrogens with one attached hydrogen (secondary N) is 1. The Morgan fingerprint density at radius 2 is 2.16 bits per heavy atom. The fourth-order valence-electron chi connectivity index (χ4n) is 2.43. The highest BCUT2D eigenvalue weighted by atomic mass is 15.1. The summed E-state index contributed by atoms with van der Waals surface area (Å²) in [6.45, 7) is 6.54. The molecule has 2 heterocycles. The monoisotopic (exact) mass is 259 g/mol. The zero-order valence-electron chi connectivity index (χ0n) is 11.7. The van der Waals surface area contributed by atoms with Crippen LogP contribution in [0.25, 0.3) is 0 Å². The second-order valence-corrected chi connectivity index (χ2v) is 5.00. The van der Waals surface area contributed by atoms with Gasteiger partial charge in [0, 0.05) is 30.9 Å². The first-order valence-electron chi connectivity index (χ1n) is 6.91. The van der Waals surface area contributed by atoms with E-state index in [1.54, 1.807) is 0 Å². The summed E-state index contributed by atoms with van der Waals surface area (Å²) in [4.78, 5) is 11.0. The van der Waals surface area contributed by atoms with Crippen molar-refractivity contribution in [1.82, 2.24) is 14.9 Å². The Balaban J connectivity index is 1.92. The lowest BCUT2D eigenvalue weighted by Gasteiger charge is -2.31. The van der Waals surface area contributed by atoms with E-state index in [-0.39, 0.29) is 0 Å². The smallest absolute Gasteiger partial charge is 0.130 e. The molecule has 1 aliphatic rings. The summed E-state index contributed by atoms with van der Waals surface area (Å²) in [5.41, 5.74) is 1.08. The van der Waals surface area contributed by atoms with Crippen molar-refractivity contribution < 1.29 is 0 Å². The van der Waals surface area contributed by atoms with Crippen molar-refractivity contribution in [2.24, 2.45) is 0 Å². The molecule has 0 atom stereocenters. The topological polar surface area (TPSA) is 64.8 Å². The minimum Gasteiger partial charge on any atom is -0.367 e. The second-order valence-electron chi connectivity index (χ2n) is 5.00. The van der Waals surface area contributed by atoms with Crippen molar-refractivity contribution in [2.75, 3.05) is 25.0 Å². The SMILES string of the molecule is CCc1cc(NC2CCN(CC#N)CC2)nc(C)n1. The summed E-state index contributed by atoms with van der Waals surface area (Å²) in [6.07, 6.45) is 3.05. The van der Waals surface area contributed by atoms with E-state index in [2.05, 4.69) is 33.2 Å². The molecule has 0 aliphatic carbocycles. The van der Waals surface area contributed by atoms with Gasteiger partial charge < -0.3 is 5.32 Å². The van der Waals surface area contributed by atoms with Crippen LogP contribution in [0.15, 0.2) is 6.07 Å². The summed E-state index contributed by atoms with van der Waals surface area (Å²) in [5, 5.41) is 12.2. The van der Waals surface area contributed by atoms with Gasteiger partial charge in [0.1, 0.15) is 11.6 Å². The van der Waals surface area contributed by atoms with Crippen LogP contribution < -0.4 is 5.32 Å². The zero-order chi connectivity index (χ0) is 13.7. The van der Waals surface area contributed by atoms with E-state index in [9.17, 15) is 0 Å². The summed E-state index contributed by atoms with van der Waals surface area (Å²) in [7, 11) is 0. The number of aryl methyl sites for hydroxylation is 2. The summed E-state index contributed by atoms with van der Waals surface area (Å²) < 4.78 is 0. The number of rotatable bonds is 4. The molecule has 0 unspecified atom stereocenters. The molecule has 5 heteroatoms. The summed E-state index contributed by atoms with van der Waals surface area (Å²) >= 11 is 0. The Kier molecular flexibility index (Phi) is 4.69. The first-order chi connectivity index (χ1) is 9.21. The average molecular weight is 259 g/mol. The Bertz CT molecular complexity index is 457. The lowest BCUT2D eigenvalue weighted by atomic mass is 10.1. The molecule has 1 fully saturated rings. The van der Waals surface area contributed by atoms with E-state index in [4.69, 9.17) is 5.26 Å². The Hall–Kier alpha value is -1.67. The molecule has 0 amide bonds. The van der Waals surface area contributed by atoms with Crippen molar-refractivity contribution in [1.29, 1.82) is 5.26 Å². The van der Waals surface area contributed by atoms with E-state index in [0.29, 0.717) is 12.6 Å². The number of hydrogen-bond donors (Lipinski definition) is 1. The molecule has 0 saturated carbocycles. The van der Waals surface area contributed by atoms with Gasteiger partial charge in [-0.15, -0.1) is 0 Å². The van der Waals surface area contributed by atoms with Crippen LogP contribution in [0.4, 0.5) is 5.82 Å². The summed E-state index contributed by atoms with van der Waals surface area (Å²) in [6, 6.07) is 4.70. The van der Waals surface area contributed by atoms with Gasteiger partial charge in [-0.25, -0.2) is 9.97 Å². The molecule has 0 bridgehead atoms. The van der Waals surface area contributed by atoms with Crippen molar-refractivity contribution in [3.8, 4) is 6.07 Å². The highest BCUT2D eigenvalue weighted by Gasteiger charge is 2.19. The molecular formula is C14H21N5. The standard InChI is InChI=1S/C14H21N5/c1-3-12-10-14(17-11(2)16-12)18-13-4-7-19(8-5-13)9-6-15/h10,13H,3-5,7-9H2,1-2H3,(H,16,17,18). The van der Waals surface area contributed by atoms with Gasteiger partial charge in [0.15, 0.2) is 0 Å². The van der Waals surface area contributed by atoms with E-state index in [1.165, 1.54) is 0 Å². The quantitative estimate of drug-likeness (QED) is 0.834. The van der Waals surface area contributed by atoms with Crippen LogP contribution >= 0.6 is 0 Å². The predicted octanol–water partition coefficient (Wildman–Crippen LogP) is 1.75. The van der Waals surface area contributed by atoms with E-state index in [1.807, 2.05) is 13.0 Å². The predicted molar refractivity (Wildman–Crippen MR) is 74.8 cm³/mol. The molecule has 0 spiro atoms. The van der Waals surface area contributed by atoms with Gasteiger partial charge >= 0.3 is 0 Å². The molecule has 1 aromatic heterocycles. The first-order valence-corrected chi connectivity index (χ1v) is 6.91. The lowest BCUT2D eigenvalue weighted by molar-refractivity contribution is 0.242. The molecule has 102 valence electrons. The highest BCUT2D eigenvalue weighted by molar-refractivity contribution is 5.37. The van der Waals surface area contributed by atoms with Crippen LogP contribution in [-0.2, 0) is 6.42 Å². The summed E-state index contributed by atoms with van der Waals surface area (Å²) in [5.74, 6) is 1.76. The van der Waals surface area contributed by atoms with Gasteiger partial charge in [0.25, 0.3) is 0 Å². The van der Waals surface area contributed by atoms with Crippen LogP contribution in [0.2, 0.25) is 0 Å². The number of aromatic nitrogens is 2. The molecule has 0 radical (unpaired) electrons. The van der Waals surface area contributed by atoms with Crippen molar-refractivity contribution in [3.05, 3.63) is 17.6 Å². The number of piperidine rings is 1. The molecule has 0 aromatic carbocycles. The van der Waals surface area contributed by atoms with Crippen LogP contribution in [0.3, 0.4) is 0 Å². The molecule has 19 heavy (non-hydrogen) atoms. The van der Waals surface area contributed by atoms with Gasteiger partial charge in [-0.05, 0) is 26.2 Å². The Morgan fingerprint density at radius 3 is 2.79 bits per heavy atom. The number of likely N-dealkylation sites (tertiary alicyclic amines) is 1. The van der Waals surface area contributed by atoms with Gasteiger partial charge in [-0.2, -0.15) is 5.26 Å². The Morgan fingerprint density at radius 1 is 1.42 bits per heavy atom. The molecule has 5 nitrogen and oxygen atoms in total. The molecule has 1 aliphatic heterocycles. The fraction of sp³-hybridized carbons (Fsp3) is 0.643. The largest absolute Gasteiger partial charge is 0.367 e. The maximum absolute atomic E-state index is 8.68. The molecule has 1 aromatic rings. The third-order valence-corrected chi connectivity index (χ3v) is 3.49. The normalized spacial score (nSPS) is 17.1. The maximum Gasteiger partial charge on any atom is 0.130 e. The van der Waals surface area contributed by atoms with Crippen LogP contribution in [0, 0.1) is 18.3 Å². The molecule has 1 N–H and O–H groups in total. The van der Waals surface area contributed by atoms with Crippen molar-refractivity contribution in [3.63, 3.8) is 0 Å².